The van der Waals surface area contributed by atoms with Gasteiger partial charge in [0.25, 0.3) is 0 Å². The number of amides is 1. The quantitative estimate of drug-likeness (QED) is 0.772. The molecule has 1 N–H and O–H groups in total. The lowest BCUT2D eigenvalue weighted by Crippen LogP contribution is -2.10. The standard InChI is InChI=1S/C10H10ClNO/c1-8(13)12-7-6-9-4-2-3-5-10(9)11/h2-7H,1H3,(H,12,13)/b7-6+. The van der Waals surface area contributed by atoms with Crippen LogP contribution >= 0.6 is 11.6 Å². The number of nitrogens with one attached hydrogen (secondary N) is 1. The van der Waals surface area contributed by atoms with E-state index >= 15 is 0 Å². The SMILES string of the molecule is CC(=O)N/C=C/c1ccccc1Cl. The molecule has 2 nitrogen and oxygen atoms in total. The molecular formula is C10H10ClNO. The molecule has 0 saturated heterocycles. The van der Waals surface area contributed by atoms with Crippen molar-refractivity contribution in [2.24, 2.45) is 0 Å². The third-order valence-electron chi connectivity index (χ3n) is 1.45. The molecule has 0 unspecified atom stereocenters. The zero-order valence-corrected chi connectivity index (χ0v) is 8.01. The van der Waals surface area contributed by atoms with Crippen LogP contribution in [0.2, 0.25) is 5.02 Å². The first-order valence-corrected chi connectivity index (χ1v) is 4.26. The Bertz CT molecular complexity index is 333. The molecule has 0 atom stereocenters. The highest BCUT2D eigenvalue weighted by molar-refractivity contribution is 6.32. The Morgan fingerprint density at radius 1 is 1.46 bits per heavy atom. The van der Waals surface area contributed by atoms with Crippen molar-refractivity contribution in [1.82, 2.24) is 5.32 Å². The molecule has 0 radical (unpaired) electrons. The number of carbonyl (C=O) groups is 1. The van der Waals surface area contributed by atoms with Crippen LogP contribution in [0, 0.1) is 0 Å². The monoisotopic (exact) mass is 195 g/mol. The molecule has 0 heterocycles. The molecule has 0 aliphatic carbocycles. The first-order valence-electron chi connectivity index (χ1n) is 3.88. The van der Waals surface area contributed by atoms with Gasteiger partial charge in [-0.2, -0.15) is 0 Å². The number of benzene rings is 1. The molecule has 0 aliphatic rings. The lowest BCUT2D eigenvalue weighted by Gasteiger charge is -1.96. The second-order valence-corrected chi connectivity index (χ2v) is 2.96. The molecule has 3 heteroatoms. The van der Waals surface area contributed by atoms with Crippen LogP contribution in [0.5, 0.6) is 0 Å². The van der Waals surface area contributed by atoms with Crippen LogP contribution in [-0.4, -0.2) is 5.91 Å². The van der Waals surface area contributed by atoms with Crippen molar-refractivity contribution in [1.29, 1.82) is 0 Å². The van der Waals surface area contributed by atoms with Crippen molar-refractivity contribution in [3.63, 3.8) is 0 Å². The lowest BCUT2D eigenvalue weighted by atomic mass is 10.2. The van der Waals surface area contributed by atoms with Crippen LogP contribution in [0.3, 0.4) is 0 Å². The summed E-state index contributed by atoms with van der Waals surface area (Å²) in [5, 5.41) is 3.21. The largest absolute Gasteiger partial charge is 0.333 e. The Balaban J connectivity index is 2.68. The van der Waals surface area contributed by atoms with E-state index in [1.54, 1.807) is 18.3 Å². The highest BCUT2D eigenvalue weighted by atomic mass is 35.5. The van der Waals surface area contributed by atoms with E-state index in [2.05, 4.69) is 5.32 Å². The van der Waals surface area contributed by atoms with E-state index in [9.17, 15) is 4.79 Å². The van der Waals surface area contributed by atoms with E-state index in [-0.39, 0.29) is 5.91 Å². The maximum atomic E-state index is 10.5. The molecular weight excluding hydrogens is 186 g/mol. The van der Waals surface area contributed by atoms with Crippen molar-refractivity contribution < 1.29 is 4.79 Å². The lowest BCUT2D eigenvalue weighted by molar-refractivity contribution is -0.118. The van der Waals surface area contributed by atoms with Crippen molar-refractivity contribution in [3.8, 4) is 0 Å². The van der Waals surface area contributed by atoms with E-state index in [0.29, 0.717) is 5.02 Å². The van der Waals surface area contributed by atoms with Crippen LogP contribution in [0.1, 0.15) is 12.5 Å². The Morgan fingerprint density at radius 3 is 2.77 bits per heavy atom. The second-order valence-electron chi connectivity index (χ2n) is 2.56. The van der Waals surface area contributed by atoms with Gasteiger partial charge in [0.2, 0.25) is 5.91 Å². The molecule has 1 rings (SSSR count). The maximum absolute atomic E-state index is 10.5. The molecule has 0 spiro atoms. The first kappa shape index (κ1) is 9.81. The van der Waals surface area contributed by atoms with Crippen molar-refractivity contribution in [3.05, 3.63) is 41.1 Å². The Kier molecular flexibility index (Phi) is 3.53. The fraction of sp³-hybridized carbons (Fsp3) is 0.100. The minimum absolute atomic E-state index is 0.0942. The summed E-state index contributed by atoms with van der Waals surface area (Å²) in [4.78, 5) is 10.5. The molecule has 0 bridgehead atoms. The van der Waals surface area contributed by atoms with Gasteiger partial charge < -0.3 is 5.32 Å². The molecule has 68 valence electrons. The van der Waals surface area contributed by atoms with Crippen LogP contribution in [0.25, 0.3) is 6.08 Å². The third kappa shape index (κ3) is 3.30. The molecule has 0 saturated carbocycles. The Morgan fingerprint density at radius 2 is 2.15 bits per heavy atom. The van der Waals surface area contributed by atoms with Crippen LogP contribution in [-0.2, 0) is 4.79 Å². The second kappa shape index (κ2) is 4.67. The predicted octanol–water partition coefficient (Wildman–Crippen LogP) is 2.45. The molecule has 0 aliphatic heterocycles. The van der Waals surface area contributed by atoms with E-state index in [4.69, 9.17) is 11.6 Å². The fourth-order valence-electron chi connectivity index (χ4n) is 0.859. The van der Waals surface area contributed by atoms with Gasteiger partial charge in [0.1, 0.15) is 0 Å². The van der Waals surface area contributed by atoms with Crippen molar-refractivity contribution >= 4 is 23.6 Å². The summed E-state index contributed by atoms with van der Waals surface area (Å²) in [5.41, 5.74) is 0.887. The third-order valence-corrected chi connectivity index (χ3v) is 1.80. The van der Waals surface area contributed by atoms with Gasteiger partial charge in [0.15, 0.2) is 0 Å². The summed E-state index contributed by atoms with van der Waals surface area (Å²) >= 11 is 5.88. The number of carbonyl (C=O) groups excluding carboxylic acids is 1. The summed E-state index contributed by atoms with van der Waals surface area (Å²) in [5.74, 6) is -0.0942. The first-order chi connectivity index (χ1) is 6.20. The zero-order chi connectivity index (χ0) is 9.68. The number of halogens is 1. The molecule has 0 aromatic heterocycles. The van der Waals surface area contributed by atoms with Gasteiger partial charge >= 0.3 is 0 Å². The topological polar surface area (TPSA) is 29.1 Å². The van der Waals surface area contributed by atoms with Gasteiger partial charge in [-0.25, -0.2) is 0 Å². The minimum atomic E-state index is -0.0942. The fourth-order valence-corrected chi connectivity index (χ4v) is 1.06. The van der Waals surface area contributed by atoms with E-state index in [1.807, 2.05) is 18.2 Å². The van der Waals surface area contributed by atoms with Crippen LogP contribution < -0.4 is 5.32 Å². The van der Waals surface area contributed by atoms with Gasteiger partial charge in [0.05, 0.1) is 0 Å². The van der Waals surface area contributed by atoms with E-state index in [0.717, 1.165) is 5.56 Å². The minimum Gasteiger partial charge on any atom is -0.333 e. The predicted molar refractivity (Wildman–Crippen MR) is 54.3 cm³/mol. The molecule has 1 amide bonds. The zero-order valence-electron chi connectivity index (χ0n) is 7.25. The summed E-state index contributed by atoms with van der Waals surface area (Å²) in [6, 6.07) is 7.42. The maximum Gasteiger partial charge on any atom is 0.220 e. The average Bonchev–Trinajstić information content (AvgIpc) is 2.08. The highest BCUT2D eigenvalue weighted by Gasteiger charge is 1.92. The van der Waals surface area contributed by atoms with Crippen LogP contribution in [0.4, 0.5) is 0 Å². The molecule has 13 heavy (non-hydrogen) atoms. The molecule has 1 aromatic rings. The van der Waals surface area contributed by atoms with E-state index in [1.165, 1.54) is 6.92 Å². The summed E-state index contributed by atoms with van der Waals surface area (Å²) in [7, 11) is 0. The molecule has 1 aromatic carbocycles. The smallest absolute Gasteiger partial charge is 0.220 e. The van der Waals surface area contributed by atoms with Gasteiger partial charge in [-0.3, -0.25) is 4.79 Å². The number of hydrogen-bond acceptors (Lipinski definition) is 1. The van der Waals surface area contributed by atoms with Gasteiger partial charge in [-0.1, -0.05) is 29.8 Å². The average molecular weight is 196 g/mol. The van der Waals surface area contributed by atoms with Gasteiger partial charge in [-0.15, -0.1) is 0 Å². The Hall–Kier alpha value is -1.28. The Labute approximate surface area is 82.2 Å². The summed E-state index contributed by atoms with van der Waals surface area (Å²) < 4.78 is 0. The number of hydrogen-bond donors (Lipinski definition) is 1. The van der Waals surface area contributed by atoms with Crippen molar-refractivity contribution in [2.45, 2.75) is 6.92 Å². The van der Waals surface area contributed by atoms with Gasteiger partial charge in [-0.05, 0) is 17.7 Å². The van der Waals surface area contributed by atoms with Gasteiger partial charge in [0, 0.05) is 18.1 Å². The number of rotatable bonds is 2. The van der Waals surface area contributed by atoms with E-state index < -0.39 is 0 Å². The normalized spacial score (nSPS) is 10.3. The summed E-state index contributed by atoms with van der Waals surface area (Å²) in [6.45, 7) is 1.46. The van der Waals surface area contributed by atoms with Crippen LogP contribution in [0.15, 0.2) is 30.5 Å². The highest BCUT2D eigenvalue weighted by Crippen LogP contribution is 2.15. The summed E-state index contributed by atoms with van der Waals surface area (Å²) in [6.07, 6.45) is 3.33. The molecule has 0 fully saturated rings. The van der Waals surface area contributed by atoms with Crippen molar-refractivity contribution in [2.75, 3.05) is 0 Å².